The van der Waals surface area contributed by atoms with Crippen LogP contribution in [0.5, 0.6) is 0 Å². The van der Waals surface area contributed by atoms with Crippen LogP contribution in [0.2, 0.25) is 0 Å². The Morgan fingerprint density at radius 2 is 2.00 bits per heavy atom. The summed E-state index contributed by atoms with van der Waals surface area (Å²) in [7, 11) is 0.520. The van der Waals surface area contributed by atoms with E-state index in [-0.39, 0.29) is 5.41 Å². The highest BCUT2D eigenvalue weighted by Gasteiger charge is 2.45. The van der Waals surface area contributed by atoms with Crippen LogP contribution >= 0.6 is 0 Å². The summed E-state index contributed by atoms with van der Waals surface area (Å²) in [6.45, 7) is 4.95. The normalized spacial score (nSPS) is 25.4. The third kappa shape index (κ3) is 3.38. The van der Waals surface area contributed by atoms with E-state index in [1.54, 1.807) is 23.5 Å². The van der Waals surface area contributed by atoms with Gasteiger partial charge in [0.25, 0.3) is 0 Å². The number of likely N-dealkylation sites (tertiary alicyclic amines) is 1. The van der Waals surface area contributed by atoms with Crippen LogP contribution in [-0.2, 0) is 14.8 Å². The molecule has 0 aliphatic carbocycles. The summed E-state index contributed by atoms with van der Waals surface area (Å²) in [5.41, 5.74) is 1.22. The largest absolute Gasteiger partial charge is 0.383 e. The van der Waals surface area contributed by atoms with Gasteiger partial charge in [0.2, 0.25) is 10.0 Å². The van der Waals surface area contributed by atoms with Gasteiger partial charge in [-0.1, -0.05) is 12.1 Å². The third-order valence-corrected chi connectivity index (χ3v) is 7.54. The zero-order chi connectivity index (χ0) is 17.4. The van der Waals surface area contributed by atoms with Gasteiger partial charge in [-0.25, -0.2) is 8.42 Å². The zero-order valence-corrected chi connectivity index (χ0v) is 15.7. The molecule has 2 aliphatic rings. The van der Waals surface area contributed by atoms with Crippen LogP contribution < -0.4 is 0 Å². The van der Waals surface area contributed by atoms with Gasteiger partial charge in [0.05, 0.1) is 11.5 Å². The van der Waals surface area contributed by atoms with Crippen LogP contribution in [0.25, 0.3) is 0 Å². The van der Waals surface area contributed by atoms with E-state index in [4.69, 9.17) is 4.74 Å². The van der Waals surface area contributed by atoms with E-state index in [2.05, 4.69) is 11.9 Å². The summed E-state index contributed by atoms with van der Waals surface area (Å²) in [6.07, 6.45) is 2.97. The molecule has 5 nitrogen and oxygen atoms in total. The standard InChI is InChI=1S/C18H28N2O3S/c1-15-5-4-6-17(11-15)24(21,22)20-9-7-18(8-10-20)12-16(13-23-3)19(2)14-18/h4-6,11,16H,7-10,12-14H2,1-3H3. The number of methoxy groups -OCH3 is 1. The van der Waals surface area contributed by atoms with Gasteiger partial charge >= 0.3 is 0 Å². The van der Waals surface area contributed by atoms with E-state index >= 15 is 0 Å². The predicted molar refractivity (Wildman–Crippen MR) is 94.5 cm³/mol. The summed E-state index contributed by atoms with van der Waals surface area (Å²) < 4.78 is 32.7. The van der Waals surface area contributed by atoms with Crippen LogP contribution in [0, 0.1) is 12.3 Å². The topological polar surface area (TPSA) is 49.9 Å². The first-order chi connectivity index (χ1) is 11.4. The monoisotopic (exact) mass is 352 g/mol. The molecule has 134 valence electrons. The molecule has 1 unspecified atom stereocenters. The first-order valence-electron chi connectivity index (χ1n) is 8.62. The molecule has 0 saturated carbocycles. The van der Waals surface area contributed by atoms with Gasteiger partial charge in [0.15, 0.2) is 0 Å². The summed E-state index contributed by atoms with van der Waals surface area (Å²) in [5.74, 6) is 0. The Morgan fingerprint density at radius 1 is 1.29 bits per heavy atom. The number of nitrogens with zero attached hydrogens (tertiary/aromatic N) is 2. The van der Waals surface area contributed by atoms with Crippen LogP contribution in [0.3, 0.4) is 0 Å². The average molecular weight is 353 g/mol. The number of likely N-dealkylation sites (N-methyl/N-ethyl adjacent to an activating group) is 1. The Balaban J connectivity index is 1.69. The van der Waals surface area contributed by atoms with Gasteiger partial charge in [-0.15, -0.1) is 0 Å². The number of ether oxygens (including phenoxy) is 1. The lowest BCUT2D eigenvalue weighted by Gasteiger charge is -2.38. The molecule has 6 heteroatoms. The zero-order valence-electron chi connectivity index (χ0n) is 14.9. The fourth-order valence-electron chi connectivity index (χ4n) is 4.24. The molecule has 2 fully saturated rings. The highest BCUT2D eigenvalue weighted by atomic mass is 32.2. The summed E-state index contributed by atoms with van der Waals surface area (Å²) in [5, 5.41) is 0. The third-order valence-electron chi connectivity index (χ3n) is 5.65. The second kappa shape index (κ2) is 6.75. The molecule has 0 aromatic heterocycles. The molecule has 2 heterocycles. The first kappa shape index (κ1) is 17.9. The summed E-state index contributed by atoms with van der Waals surface area (Å²) in [6, 6.07) is 7.65. The van der Waals surface area contributed by atoms with Gasteiger partial charge in [0, 0.05) is 32.8 Å². The number of rotatable bonds is 4. The number of benzene rings is 1. The minimum absolute atomic E-state index is 0.247. The highest BCUT2D eigenvalue weighted by Crippen LogP contribution is 2.43. The Hall–Kier alpha value is -0.950. The maximum Gasteiger partial charge on any atom is 0.243 e. The number of aryl methyl sites for hydroxylation is 1. The van der Waals surface area contributed by atoms with Gasteiger partial charge < -0.3 is 9.64 Å². The Labute approximate surface area is 145 Å². The first-order valence-corrected chi connectivity index (χ1v) is 10.1. The Kier molecular flexibility index (Phi) is 5.02. The SMILES string of the molecule is COCC1CC2(CCN(S(=O)(=O)c3cccc(C)c3)CC2)CN1C. The van der Waals surface area contributed by atoms with Crippen LogP contribution in [-0.4, -0.2) is 64.1 Å². The fraction of sp³-hybridized carbons (Fsp3) is 0.667. The van der Waals surface area contributed by atoms with E-state index in [0.29, 0.717) is 24.0 Å². The lowest BCUT2D eigenvalue weighted by atomic mass is 9.77. The minimum Gasteiger partial charge on any atom is -0.383 e. The van der Waals surface area contributed by atoms with Crippen molar-refractivity contribution in [1.82, 2.24) is 9.21 Å². The van der Waals surface area contributed by atoms with Gasteiger partial charge in [-0.3, -0.25) is 0 Å². The van der Waals surface area contributed by atoms with Crippen molar-refractivity contribution in [3.8, 4) is 0 Å². The van der Waals surface area contributed by atoms with Gasteiger partial charge in [-0.05, 0) is 56.3 Å². The van der Waals surface area contributed by atoms with Crippen LogP contribution in [0.1, 0.15) is 24.8 Å². The molecule has 0 N–H and O–H groups in total. The molecule has 2 saturated heterocycles. The van der Waals surface area contributed by atoms with Crippen molar-refractivity contribution in [3.63, 3.8) is 0 Å². The Morgan fingerprint density at radius 3 is 2.62 bits per heavy atom. The molecule has 0 bridgehead atoms. The number of sulfonamides is 1. The lowest BCUT2D eigenvalue weighted by molar-refractivity contribution is 0.129. The van der Waals surface area contributed by atoms with E-state index in [9.17, 15) is 8.42 Å². The van der Waals surface area contributed by atoms with Crippen molar-refractivity contribution in [3.05, 3.63) is 29.8 Å². The molecule has 24 heavy (non-hydrogen) atoms. The van der Waals surface area contributed by atoms with Crippen molar-refractivity contribution >= 4 is 10.0 Å². The van der Waals surface area contributed by atoms with Crippen molar-refractivity contribution in [1.29, 1.82) is 0 Å². The quantitative estimate of drug-likeness (QED) is 0.833. The smallest absolute Gasteiger partial charge is 0.243 e. The lowest BCUT2D eigenvalue weighted by Crippen LogP contribution is -2.44. The van der Waals surface area contributed by atoms with Crippen molar-refractivity contribution in [2.45, 2.75) is 37.1 Å². The second-order valence-electron chi connectivity index (χ2n) is 7.45. The molecule has 1 atom stereocenters. The molecule has 2 aliphatic heterocycles. The minimum atomic E-state index is -3.37. The van der Waals surface area contributed by atoms with Crippen LogP contribution in [0.4, 0.5) is 0 Å². The van der Waals surface area contributed by atoms with E-state index < -0.39 is 10.0 Å². The van der Waals surface area contributed by atoms with E-state index in [1.165, 1.54) is 0 Å². The second-order valence-corrected chi connectivity index (χ2v) is 9.39. The molecular weight excluding hydrogens is 324 g/mol. The molecule has 0 amide bonds. The van der Waals surface area contributed by atoms with Gasteiger partial charge in [-0.2, -0.15) is 4.31 Å². The number of piperidine rings is 1. The average Bonchev–Trinajstić information content (AvgIpc) is 2.83. The predicted octanol–water partition coefficient (Wildman–Crippen LogP) is 2.12. The highest BCUT2D eigenvalue weighted by molar-refractivity contribution is 7.89. The molecule has 1 spiro atoms. The van der Waals surface area contributed by atoms with E-state index in [1.807, 2.05) is 19.1 Å². The molecule has 1 aromatic rings. The summed E-state index contributed by atoms with van der Waals surface area (Å²) >= 11 is 0. The maximum atomic E-state index is 12.9. The molecule has 0 radical (unpaired) electrons. The van der Waals surface area contributed by atoms with Crippen molar-refractivity contribution in [2.75, 3.05) is 40.4 Å². The number of hydrogen-bond donors (Lipinski definition) is 0. The van der Waals surface area contributed by atoms with Crippen molar-refractivity contribution in [2.24, 2.45) is 5.41 Å². The molecule has 1 aromatic carbocycles. The number of hydrogen-bond acceptors (Lipinski definition) is 4. The van der Waals surface area contributed by atoms with Crippen molar-refractivity contribution < 1.29 is 13.2 Å². The Bertz CT molecular complexity index is 681. The van der Waals surface area contributed by atoms with Gasteiger partial charge in [0.1, 0.15) is 0 Å². The molecular formula is C18H28N2O3S. The fourth-order valence-corrected chi connectivity index (χ4v) is 5.79. The van der Waals surface area contributed by atoms with E-state index in [0.717, 1.165) is 38.0 Å². The summed E-state index contributed by atoms with van der Waals surface area (Å²) in [4.78, 5) is 2.79. The van der Waals surface area contributed by atoms with Crippen LogP contribution in [0.15, 0.2) is 29.2 Å². The molecule has 3 rings (SSSR count). The maximum absolute atomic E-state index is 12.9.